The predicted molar refractivity (Wildman–Crippen MR) is 67.8 cm³/mol. The largest absolute Gasteiger partial charge is 0.347 e. The van der Waals surface area contributed by atoms with Crippen LogP contribution in [0.2, 0.25) is 0 Å². The monoisotopic (exact) mass is 256 g/mol. The third-order valence-electron chi connectivity index (χ3n) is 5.06. The second-order valence-corrected chi connectivity index (χ2v) is 6.79. The molecule has 0 radical (unpaired) electrons. The summed E-state index contributed by atoms with van der Waals surface area (Å²) in [6, 6.07) is 0. The Kier molecular flexibility index (Phi) is 2.85. The van der Waals surface area contributed by atoms with Gasteiger partial charge in [-0.3, -0.25) is 4.79 Å². The van der Waals surface area contributed by atoms with Crippen molar-refractivity contribution in [3.8, 4) is 0 Å². The minimum Gasteiger partial charge on any atom is -0.347 e. The zero-order valence-corrected chi connectivity index (χ0v) is 11.6. The molecule has 17 heavy (non-hydrogen) atoms. The third-order valence-corrected chi connectivity index (χ3v) is 6.10. The van der Waals surface area contributed by atoms with Gasteiger partial charge >= 0.3 is 0 Å². The van der Waals surface area contributed by atoms with Crippen LogP contribution in [0.25, 0.3) is 0 Å². The van der Waals surface area contributed by atoms with Gasteiger partial charge in [0.2, 0.25) is 0 Å². The molecule has 1 saturated heterocycles. The molecule has 1 unspecified atom stereocenters. The highest BCUT2D eigenvalue weighted by Crippen LogP contribution is 2.55. The van der Waals surface area contributed by atoms with E-state index in [0.717, 1.165) is 32.1 Å². The lowest BCUT2D eigenvalue weighted by Gasteiger charge is -2.53. The van der Waals surface area contributed by atoms with E-state index in [9.17, 15) is 4.79 Å². The quantitative estimate of drug-likeness (QED) is 0.623. The zero-order chi connectivity index (χ0) is 12.1. The van der Waals surface area contributed by atoms with Gasteiger partial charge in [-0.25, -0.2) is 0 Å². The number of rotatable bonds is 0. The highest BCUT2D eigenvalue weighted by Gasteiger charge is 2.58. The molecule has 96 valence electrons. The molecule has 3 rings (SSSR count). The van der Waals surface area contributed by atoms with Crippen LogP contribution >= 0.6 is 9.24 Å². The Morgan fingerprint density at radius 1 is 1.29 bits per heavy atom. The average molecular weight is 256 g/mol. The van der Waals surface area contributed by atoms with Gasteiger partial charge in [0.05, 0.1) is 13.2 Å². The van der Waals surface area contributed by atoms with Gasteiger partial charge < -0.3 is 9.47 Å². The van der Waals surface area contributed by atoms with Crippen molar-refractivity contribution in [3.05, 3.63) is 0 Å². The molecule has 0 aromatic rings. The first-order chi connectivity index (χ1) is 8.08. The van der Waals surface area contributed by atoms with Gasteiger partial charge in [0.1, 0.15) is 5.78 Å². The molecule has 1 heterocycles. The first-order valence-corrected chi connectivity index (χ1v) is 7.26. The van der Waals surface area contributed by atoms with E-state index in [1.807, 2.05) is 0 Å². The summed E-state index contributed by atoms with van der Waals surface area (Å²) in [4.78, 5) is 12.2. The zero-order valence-electron chi connectivity index (χ0n) is 10.4. The molecule has 1 spiro atoms. The maximum atomic E-state index is 12.2. The number of fused-ring (bicyclic) bond motifs is 1. The van der Waals surface area contributed by atoms with E-state index < -0.39 is 0 Å². The van der Waals surface area contributed by atoms with Gasteiger partial charge in [-0.2, -0.15) is 0 Å². The van der Waals surface area contributed by atoms with Crippen LogP contribution in [0, 0.1) is 11.8 Å². The third kappa shape index (κ3) is 1.63. The fraction of sp³-hybridized carbons (Fsp3) is 0.923. The van der Waals surface area contributed by atoms with Crippen LogP contribution in [-0.2, 0) is 14.3 Å². The summed E-state index contributed by atoms with van der Waals surface area (Å²) in [6.07, 6.45) is 4.66. The summed E-state index contributed by atoms with van der Waals surface area (Å²) in [5.41, 5.74) is 0. The highest BCUT2D eigenvalue weighted by molar-refractivity contribution is 7.21. The van der Waals surface area contributed by atoms with Gasteiger partial charge in [-0.1, -0.05) is 6.92 Å². The van der Waals surface area contributed by atoms with Gasteiger partial charge in [0.15, 0.2) is 5.79 Å². The number of hydrogen-bond donors (Lipinski definition) is 0. The number of hydrogen-bond acceptors (Lipinski definition) is 3. The maximum Gasteiger partial charge on any atom is 0.171 e. The van der Waals surface area contributed by atoms with Crippen molar-refractivity contribution in [1.29, 1.82) is 0 Å². The molecule has 3 fully saturated rings. The number of ketones is 1. The maximum absolute atomic E-state index is 12.2. The normalized spacial score (nSPS) is 44.9. The van der Waals surface area contributed by atoms with Crippen molar-refractivity contribution in [1.82, 2.24) is 0 Å². The lowest BCUT2D eigenvalue weighted by atomic mass is 9.62. The predicted octanol–water partition coefficient (Wildman–Crippen LogP) is 2.14. The van der Waals surface area contributed by atoms with Crippen LogP contribution in [0.5, 0.6) is 0 Å². The molecule has 0 aromatic heterocycles. The fourth-order valence-electron chi connectivity index (χ4n) is 3.99. The van der Waals surface area contributed by atoms with Crippen LogP contribution < -0.4 is 0 Å². The summed E-state index contributed by atoms with van der Waals surface area (Å²) in [6.45, 7) is 3.61. The molecule has 2 aliphatic carbocycles. The molecule has 0 N–H and O–H groups in total. The number of Topliss-reactive ketones (excluding diaryl/α,β-unsaturated/α-hetero) is 1. The molecule has 1 aliphatic heterocycles. The van der Waals surface area contributed by atoms with Crippen LogP contribution in [0.15, 0.2) is 0 Å². The summed E-state index contributed by atoms with van der Waals surface area (Å²) in [5.74, 6) is 0.766. The van der Waals surface area contributed by atoms with E-state index >= 15 is 0 Å². The van der Waals surface area contributed by atoms with Gasteiger partial charge in [0.25, 0.3) is 0 Å². The van der Waals surface area contributed by atoms with E-state index in [4.69, 9.17) is 9.47 Å². The molecular weight excluding hydrogens is 235 g/mol. The van der Waals surface area contributed by atoms with E-state index in [0.29, 0.717) is 30.8 Å². The molecule has 3 nitrogen and oxygen atoms in total. The molecular formula is C13H21O3P. The Hall–Kier alpha value is 0.0200. The first-order valence-electron chi connectivity index (χ1n) is 6.69. The molecule has 0 aromatic carbocycles. The Morgan fingerprint density at radius 3 is 2.71 bits per heavy atom. The topological polar surface area (TPSA) is 35.5 Å². The highest BCUT2D eigenvalue weighted by atomic mass is 31.0. The molecule has 4 atom stereocenters. The molecule has 0 bridgehead atoms. The van der Waals surface area contributed by atoms with Crippen LogP contribution in [-0.4, -0.2) is 29.9 Å². The lowest BCUT2D eigenvalue weighted by molar-refractivity contribution is -0.228. The SMILES string of the molecule is C[C@@H]1[C@H]2CCCC(=O)[C@]2(P)CCC12OCCO2. The van der Waals surface area contributed by atoms with Crippen LogP contribution in [0.3, 0.4) is 0 Å². The van der Waals surface area contributed by atoms with Crippen molar-refractivity contribution in [2.75, 3.05) is 13.2 Å². The van der Waals surface area contributed by atoms with Crippen molar-refractivity contribution >= 4 is 15.0 Å². The summed E-state index contributed by atoms with van der Waals surface area (Å²) < 4.78 is 11.8. The Morgan fingerprint density at radius 2 is 2.00 bits per heavy atom. The second-order valence-electron chi connectivity index (χ2n) is 5.76. The molecule has 0 amide bonds. The first kappa shape index (κ1) is 12.1. The van der Waals surface area contributed by atoms with Crippen molar-refractivity contribution in [2.45, 2.75) is 50.0 Å². The molecule has 3 aliphatic rings. The second kappa shape index (κ2) is 4.01. The van der Waals surface area contributed by atoms with Crippen LogP contribution in [0.1, 0.15) is 39.0 Å². The van der Waals surface area contributed by atoms with Gasteiger partial charge in [0, 0.05) is 23.9 Å². The minimum absolute atomic E-state index is 0.196. The van der Waals surface area contributed by atoms with Crippen molar-refractivity contribution < 1.29 is 14.3 Å². The van der Waals surface area contributed by atoms with Crippen molar-refractivity contribution in [3.63, 3.8) is 0 Å². The smallest absolute Gasteiger partial charge is 0.171 e. The minimum atomic E-state index is -0.387. The Balaban J connectivity index is 1.90. The van der Waals surface area contributed by atoms with E-state index in [-0.39, 0.29) is 10.9 Å². The number of carbonyl (C=O) groups excluding carboxylic acids is 1. The molecule has 4 heteroatoms. The van der Waals surface area contributed by atoms with Gasteiger partial charge in [-0.15, -0.1) is 9.24 Å². The van der Waals surface area contributed by atoms with E-state index in [2.05, 4.69) is 16.2 Å². The summed E-state index contributed by atoms with van der Waals surface area (Å²) in [7, 11) is 2.87. The van der Waals surface area contributed by atoms with E-state index in [1.54, 1.807) is 0 Å². The summed E-state index contributed by atoms with van der Waals surface area (Å²) in [5, 5.41) is -0.196. The van der Waals surface area contributed by atoms with E-state index in [1.165, 1.54) is 0 Å². The van der Waals surface area contributed by atoms with Crippen molar-refractivity contribution in [2.24, 2.45) is 11.8 Å². The van der Waals surface area contributed by atoms with Crippen LogP contribution in [0.4, 0.5) is 0 Å². The number of carbonyl (C=O) groups is 1. The fourth-order valence-corrected chi connectivity index (χ4v) is 4.74. The Labute approximate surface area is 105 Å². The summed E-state index contributed by atoms with van der Waals surface area (Å²) >= 11 is 0. The average Bonchev–Trinajstić information content (AvgIpc) is 2.78. The Bertz CT molecular complexity index is 338. The number of ether oxygens (including phenoxy) is 2. The molecule has 2 saturated carbocycles. The lowest BCUT2D eigenvalue weighted by Crippen LogP contribution is -2.57. The van der Waals surface area contributed by atoms with Gasteiger partial charge in [-0.05, 0) is 25.2 Å². The standard InChI is InChI=1S/C13H21O3P/c1-9-10-3-2-4-11(14)12(10,17)5-6-13(9)15-7-8-16-13/h9-10H,2-8,17H2,1H3/t9-,10-,12+/m1/s1.